The van der Waals surface area contributed by atoms with Crippen LogP contribution in [0.5, 0.6) is 0 Å². The maximum atomic E-state index is 13.7. The quantitative estimate of drug-likeness (QED) is 0.596. The predicted molar refractivity (Wildman–Crippen MR) is 117 cm³/mol. The molecule has 168 valence electrons. The lowest BCUT2D eigenvalue weighted by molar-refractivity contribution is -0.160. The molecule has 0 aromatic heterocycles. The van der Waals surface area contributed by atoms with Gasteiger partial charge in [-0.1, -0.05) is 20.3 Å². The summed E-state index contributed by atoms with van der Waals surface area (Å²) in [5.74, 6) is 3.18. The predicted octanol–water partition coefficient (Wildman–Crippen LogP) is 4.99. The highest BCUT2D eigenvalue weighted by Gasteiger charge is 2.63. The number of hydrogen-bond donors (Lipinski definition) is 0. The van der Waals surface area contributed by atoms with E-state index < -0.39 is 0 Å². The van der Waals surface area contributed by atoms with E-state index in [1.807, 2.05) is 0 Å². The van der Waals surface area contributed by atoms with Gasteiger partial charge >= 0.3 is 5.97 Å². The molecule has 5 rings (SSSR count). The van der Waals surface area contributed by atoms with Crippen LogP contribution in [0.25, 0.3) is 0 Å². The van der Waals surface area contributed by atoms with Crippen LogP contribution in [0.3, 0.4) is 0 Å². The molecule has 0 bridgehead atoms. The summed E-state index contributed by atoms with van der Waals surface area (Å²) in [4.78, 5) is 27.7. The van der Waals surface area contributed by atoms with Crippen molar-refractivity contribution in [3.05, 3.63) is 0 Å². The number of rotatable bonds is 2. The van der Waals surface area contributed by atoms with Gasteiger partial charge in [0.1, 0.15) is 6.10 Å². The Kier molecular flexibility index (Phi) is 5.31. The van der Waals surface area contributed by atoms with Gasteiger partial charge in [-0.15, -0.1) is 0 Å². The van der Waals surface area contributed by atoms with Crippen LogP contribution in [0.15, 0.2) is 0 Å². The zero-order chi connectivity index (χ0) is 21.1. The highest BCUT2D eigenvalue weighted by molar-refractivity contribution is 5.92. The molecule has 0 radical (unpaired) electrons. The Morgan fingerprint density at radius 3 is 2.47 bits per heavy atom. The highest BCUT2D eigenvalue weighted by atomic mass is 16.5. The third kappa shape index (κ3) is 3.19. The Labute approximate surface area is 182 Å². The van der Waals surface area contributed by atoms with E-state index in [9.17, 15) is 9.59 Å². The highest BCUT2D eigenvalue weighted by Crippen LogP contribution is 2.65. The third-order valence-corrected chi connectivity index (χ3v) is 10.5. The van der Waals surface area contributed by atoms with Crippen molar-refractivity contribution in [2.45, 2.75) is 104 Å². The minimum absolute atomic E-state index is 0.0819. The summed E-state index contributed by atoms with van der Waals surface area (Å²) in [6.45, 7) is 8.67. The second-order valence-electron chi connectivity index (χ2n) is 11.8. The SMILES string of the molecule is CC(=O)O[C@H]1CC[C@@]2(C)[C@@H](CC[C@H]3[C@H]4C[C@H](N5CCCCC5)C(=O)[C@@]4(C)CC[C@@H]32)C1. The van der Waals surface area contributed by atoms with Crippen LogP contribution in [-0.4, -0.2) is 41.9 Å². The zero-order valence-electron chi connectivity index (χ0n) is 19.3. The Morgan fingerprint density at radius 1 is 0.967 bits per heavy atom. The van der Waals surface area contributed by atoms with Crippen LogP contribution in [0.4, 0.5) is 0 Å². The fourth-order valence-electron chi connectivity index (χ4n) is 8.89. The molecule has 0 aromatic carbocycles. The van der Waals surface area contributed by atoms with Gasteiger partial charge in [0.15, 0.2) is 5.78 Å². The van der Waals surface area contributed by atoms with E-state index in [0.717, 1.165) is 44.7 Å². The van der Waals surface area contributed by atoms with Gasteiger partial charge in [-0.3, -0.25) is 14.5 Å². The van der Waals surface area contributed by atoms with Crippen LogP contribution in [0.1, 0.15) is 91.4 Å². The Balaban J connectivity index is 1.35. The Hall–Kier alpha value is -0.900. The van der Waals surface area contributed by atoms with E-state index in [-0.39, 0.29) is 23.5 Å². The lowest BCUT2D eigenvalue weighted by atomic mass is 9.45. The largest absolute Gasteiger partial charge is 0.463 e. The van der Waals surface area contributed by atoms with E-state index in [1.54, 1.807) is 6.92 Å². The first-order chi connectivity index (χ1) is 14.3. The second-order valence-corrected chi connectivity index (χ2v) is 11.8. The van der Waals surface area contributed by atoms with E-state index in [0.29, 0.717) is 29.0 Å². The fraction of sp³-hybridized carbons (Fsp3) is 0.923. The molecule has 0 spiro atoms. The first-order valence-corrected chi connectivity index (χ1v) is 12.8. The molecule has 4 nitrogen and oxygen atoms in total. The first kappa shape index (κ1) is 21.0. The number of carbonyl (C=O) groups is 2. The summed E-state index contributed by atoms with van der Waals surface area (Å²) in [6.07, 6.45) is 13.2. The average Bonchev–Trinajstić information content (AvgIpc) is 3.00. The summed E-state index contributed by atoms with van der Waals surface area (Å²) in [6, 6.07) is 0.198. The summed E-state index contributed by atoms with van der Waals surface area (Å²) in [5, 5.41) is 0. The molecule has 4 heteroatoms. The number of piperidine rings is 1. The topological polar surface area (TPSA) is 46.6 Å². The van der Waals surface area contributed by atoms with E-state index in [2.05, 4.69) is 18.7 Å². The van der Waals surface area contributed by atoms with E-state index in [4.69, 9.17) is 4.74 Å². The molecule has 8 atom stereocenters. The standard InChI is InChI=1S/C26H41NO3/c1-17(28)30-19-9-11-25(2)18(15-19)7-8-20-21(25)10-12-26(3)22(20)16-23(24(26)29)27-13-5-4-6-14-27/h18-23H,4-16H2,1-3H3/t18-,19-,20+,21-,22+,23-,25-,26-/m0/s1. The number of Topliss-reactive ketones (excluding diaryl/α,β-unsaturated/α-hetero) is 1. The van der Waals surface area contributed by atoms with Crippen LogP contribution in [0.2, 0.25) is 0 Å². The van der Waals surface area contributed by atoms with Crippen molar-refractivity contribution in [3.63, 3.8) is 0 Å². The lowest BCUT2D eigenvalue weighted by Crippen LogP contribution is -2.54. The van der Waals surface area contributed by atoms with Crippen LogP contribution >= 0.6 is 0 Å². The molecule has 0 unspecified atom stereocenters. The number of fused-ring (bicyclic) bond motifs is 5. The van der Waals surface area contributed by atoms with Crippen LogP contribution < -0.4 is 0 Å². The molecule has 0 N–H and O–H groups in total. The first-order valence-electron chi connectivity index (χ1n) is 12.8. The van der Waals surface area contributed by atoms with Crippen molar-refractivity contribution >= 4 is 11.8 Å². The van der Waals surface area contributed by atoms with Crippen molar-refractivity contribution < 1.29 is 14.3 Å². The number of ether oxygens (including phenoxy) is 1. The second kappa shape index (κ2) is 7.60. The summed E-state index contributed by atoms with van der Waals surface area (Å²) >= 11 is 0. The Morgan fingerprint density at radius 2 is 1.73 bits per heavy atom. The number of carbonyl (C=O) groups excluding carboxylic acids is 2. The smallest absolute Gasteiger partial charge is 0.302 e. The van der Waals surface area contributed by atoms with Gasteiger partial charge in [-0.2, -0.15) is 0 Å². The minimum atomic E-state index is -0.126. The molecular formula is C26H41NO3. The number of nitrogens with zero attached hydrogens (tertiary/aromatic N) is 1. The molecule has 5 aliphatic rings. The average molecular weight is 416 g/mol. The number of ketones is 1. The lowest BCUT2D eigenvalue weighted by Gasteiger charge is -2.60. The summed E-state index contributed by atoms with van der Waals surface area (Å²) in [7, 11) is 0. The molecule has 4 saturated carbocycles. The summed E-state index contributed by atoms with van der Waals surface area (Å²) in [5.41, 5.74) is 0.286. The number of esters is 1. The van der Waals surface area contributed by atoms with Gasteiger partial charge in [-0.05, 0) is 106 Å². The van der Waals surface area contributed by atoms with Gasteiger partial charge < -0.3 is 4.74 Å². The van der Waals surface area contributed by atoms with Crippen molar-refractivity contribution in [2.75, 3.05) is 13.1 Å². The monoisotopic (exact) mass is 415 g/mol. The summed E-state index contributed by atoms with van der Waals surface area (Å²) < 4.78 is 5.61. The molecule has 5 fully saturated rings. The van der Waals surface area contributed by atoms with E-state index in [1.165, 1.54) is 44.9 Å². The molecule has 1 aliphatic heterocycles. The fourth-order valence-corrected chi connectivity index (χ4v) is 8.89. The van der Waals surface area contributed by atoms with Crippen molar-refractivity contribution in [2.24, 2.45) is 34.5 Å². The van der Waals surface area contributed by atoms with Gasteiger partial charge in [-0.25, -0.2) is 0 Å². The molecule has 1 saturated heterocycles. The Bertz CT molecular complexity index is 700. The van der Waals surface area contributed by atoms with Crippen LogP contribution in [0, 0.1) is 34.5 Å². The normalized spacial score (nSPS) is 49.1. The van der Waals surface area contributed by atoms with Gasteiger partial charge in [0.2, 0.25) is 0 Å². The molecule has 4 aliphatic carbocycles. The van der Waals surface area contributed by atoms with Crippen LogP contribution in [-0.2, 0) is 14.3 Å². The molecule has 0 aromatic rings. The molecule has 0 amide bonds. The number of likely N-dealkylation sites (tertiary alicyclic amines) is 1. The van der Waals surface area contributed by atoms with Gasteiger partial charge in [0.25, 0.3) is 0 Å². The van der Waals surface area contributed by atoms with Crippen molar-refractivity contribution in [3.8, 4) is 0 Å². The van der Waals surface area contributed by atoms with Crippen molar-refractivity contribution in [1.82, 2.24) is 4.90 Å². The van der Waals surface area contributed by atoms with Gasteiger partial charge in [0.05, 0.1) is 6.04 Å². The van der Waals surface area contributed by atoms with Crippen molar-refractivity contribution in [1.29, 1.82) is 0 Å². The van der Waals surface area contributed by atoms with Gasteiger partial charge in [0, 0.05) is 12.3 Å². The molecule has 30 heavy (non-hydrogen) atoms. The maximum absolute atomic E-state index is 13.7. The maximum Gasteiger partial charge on any atom is 0.302 e. The third-order valence-electron chi connectivity index (χ3n) is 10.5. The zero-order valence-corrected chi connectivity index (χ0v) is 19.3. The molecular weight excluding hydrogens is 374 g/mol. The minimum Gasteiger partial charge on any atom is -0.463 e. The van der Waals surface area contributed by atoms with E-state index >= 15 is 0 Å². The number of hydrogen-bond acceptors (Lipinski definition) is 4. The molecule has 1 heterocycles.